The van der Waals surface area contributed by atoms with E-state index in [0.29, 0.717) is 20.6 Å². The second-order valence-corrected chi connectivity index (χ2v) is 9.40. The van der Waals surface area contributed by atoms with Crippen LogP contribution in [0.5, 0.6) is 0 Å². The summed E-state index contributed by atoms with van der Waals surface area (Å²) in [5.41, 5.74) is 1.34. The lowest BCUT2D eigenvalue weighted by Crippen LogP contribution is -2.31. The molecule has 0 spiro atoms. The first kappa shape index (κ1) is 20.1. The number of nitrogens with zero attached hydrogens (tertiary/aromatic N) is 2. The van der Waals surface area contributed by atoms with Crippen LogP contribution in [0.4, 0.5) is 5.13 Å². The van der Waals surface area contributed by atoms with Gasteiger partial charge in [-0.2, -0.15) is 0 Å². The molecule has 0 radical (unpaired) electrons. The second-order valence-electron chi connectivity index (χ2n) is 6.46. The van der Waals surface area contributed by atoms with Gasteiger partial charge in [-0.25, -0.2) is 4.98 Å². The van der Waals surface area contributed by atoms with Gasteiger partial charge in [0.25, 0.3) is 5.91 Å². The number of thiazole rings is 1. The minimum atomic E-state index is -0.864. The Morgan fingerprint density at radius 1 is 1.21 bits per heavy atom. The van der Waals surface area contributed by atoms with Crippen LogP contribution < -0.4 is 4.90 Å². The summed E-state index contributed by atoms with van der Waals surface area (Å²) in [6.07, 6.45) is 0. The molecule has 0 aliphatic carbocycles. The summed E-state index contributed by atoms with van der Waals surface area (Å²) < 4.78 is 0. The van der Waals surface area contributed by atoms with E-state index in [-0.39, 0.29) is 10.6 Å². The number of hydrogen-bond donors (Lipinski definition) is 1. The SMILES string of the molecule is Cc1nc(N2C(=O)C(O)=C(C(=O)c3cccs3)[C@@H]2c2ccc(Cl)c(Cl)c2)sc1C. The predicted molar refractivity (Wildman–Crippen MR) is 117 cm³/mol. The van der Waals surface area contributed by atoms with Gasteiger partial charge in [0.15, 0.2) is 10.9 Å². The number of carbonyl (C=O) groups excluding carboxylic acids is 2. The third-order valence-corrected chi connectivity index (χ3v) is 7.36. The number of aryl methyl sites for hydroxylation is 2. The number of aromatic nitrogens is 1. The fourth-order valence-corrected chi connectivity index (χ4v) is 5.05. The van der Waals surface area contributed by atoms with Crippen LogP contribution in [0.2, 0.25) is 10.0 Å². The van der Waals surface area contributed by atoms with Crippen molar-refractivity contribution in [2.45, 2.75) is 19.9 Å². The van der Waals surface area contributed by atoms with E-state index in [1.807, 2.05) is 13.8 Å². The summed E-state index contributed by atoms with van der Waals surface area (Å²) in [6.45, 7) is 3.74. The molecule has 0 saturated heterocycles. The molecule has 0 fully saturated rings. The van der Waals surface area contributed by atoms with Gasteiger partial charge in [0, 0.05) is 4.88 Å². The zero-order valence-electron chi connectivity index (χ0n) is 15.3. The lowest BCUT2D eigenvalue weighted by molar-refractivity contribution is -0.117. The molecule has 3 aromatic rings. The van der Waals surface area contributed by atoms with Gasteiger partial charge in [-0.15, -0.1) is 22.7 Å². The maximum atomic E-state index is 13.2. The smallest absolute Gasteiger partial charge is 0.296 e. The van der Waals surface area contributed by atoms with Crippen LogP contribution >= 0.6 is 45.9 Å². The second kappa shape index (κ2) is 7.57. The van der Waals surface area contributed by atoms with Crippen LogP contribution in [-0.2, 0) is 4.79 Å². The number of hydrogen-bond acceptors (Lipinski definition) is 6. The number of halogens is 2. The van der Waals surface area contributed by atoms with Gasteiger partial charge in [-0.3, -0.25) is 14.5 Å². The lowest BCUT2D eigenvalue weighted by Gasteiger charge is -2.24. The van der Waals surface area contributed by atoms with Crippen LogP contribution in [0, 0.1) is 13.8 Å². The molecule has 9 heteroatoms. The number of anilines is 1. The van der Waals surface area contributed by atoms with Crippen molar-refractivity contribution in [1.29, 1.82) is 0 Å². The largest absolute Gasteiger partial charge is 0.503 e. The van der Waals surface area contributed by atoms with Gasteiger partial charge in [0.05, 0.1) is 32.2 Å². The van der Waals surface area contributed by atoms with Gasteiger partial charge >= 0.3 is 0 Å². The van der Waals surface area contributed by atoms with Gasteiger partial charge in [-0.1, -0.05) is 35.3 Å². The molecule has 1 N–H and O–H groups in total. The molecule has 0 unspecified atom stereocenters. The molecule has 5 nitrogen and oxygen atoms in total. The molecule has 4 rings (SSSR count). The van der Waals surface area contributed by atoms with Crippen LogP contribution in [0.1, 0.15) is 31.8 Å². The van der Waals surface area contributed by atoms with E-state index in [0.717, 1.165) is 10.6 Å². The van der Waals surface area contributed by atoms with Gasteiger partial charge in [0.2, 0.25) is 5.78 Å². The number of thiophene rings is 1. The molecule has 29 heavy (non-hydrogen) atoms. The molecular formula is C20H14Cl2N2O3S2. The highest BCUT2D eigenvalue weighted by Gasteiger charge is 2.46. The molecule has 1 aromatic carbocycles. The molecule has 0 bridgehead atoms. The minimum Gasteiger partial charge on any atom is -0.503 e. The lowest BCUT2D eigenvalue weighted by atomic mass is 9.95. The predicted octanol–water partition coefficient (Wildman–Crippen LogP) is 5.91. The van der Waals surface area contributed by atoms with E-state index >= 15 is 0 Å². The van der Waals surface area contributed by atoms with Crippen molar-refractivity contribution in [2.24, 2.45) is 0 Å². The Bertz CT molecular complexity index is 1150. The Morgan fingerprint density at radius 2 is 1.97 bits per heavy atom. The standard InChI is InChI=1S/C20H14Cl2N2O3S2/c1-9-10(2)29-20(23-9)24-16(11-5-6-12(21)13(22)8-11)15(18(26)19(24)27)17(25)14-4-3-7-28-14/h3-8,16,26H,1-2H3/t16-/m0/s1. The maximum absolute atomic E-state index is 13.2. The number of Topliss-reactive ketones (excluding diaryl/α,β-unsaturated/α-hetero) is 1. The van der Waals surface area contributed by atoms with E-state index in [9.17, 15) is 14.7 Å². The molecule has 2 aromatic heterocycles. The highest BCUT2D eigenvalue weighted by atomic mass is 35.5. The van der Waals surface area contributed by atoms with E-state index in [1.165, 1.54) is 27.6 Å². The normalized spacial score (nSPS) is 16.8. The number of aliphatic hydroxyl groups excluding tert-OH is 1. The summed E-state index contributed by atoms with van der Waals surface area (Å²) in [5, 5.41) is 13.5. The molecule has 1 atom stereocenters. The number of benzene rings is 1. The van der Waals surface area contributed by atoms with Crippen LogP contribution in [0.3, 0.4) is 0 Å². The molecule has 3 heterocycles. The topological polar surface area (TPSA) is 70.5 Å². The average molecular weight is 465 g/mol. The summed E-state index contributed by atoms with van der Waals surface area (Å²) in [4.78, 5) is 33.4. The zero-order chi connectivity index (χ0) is 20.9. The first-order chi connectivity index (χ1) is 13.8. The molecule has 148 valence electrons. The Hall–Kier alpha value is -2.19. The molecule has 0 saturated carbocycles. The number of aliphatic hydroxyl groups is 1. The van der Waals surface area contributed by atoms with Crippen molar-refractivity contribution < 1.29 is 14.7 Å². The van der Waals surface area contributed by atoms with Crippen molar-refractivity contribution >= 4 is 62.7 Å². The average Bonchev–Trinajstić information content (AvgIpc) is 3.38. The number of ketones is 1. The maximum Gasteiger partial charge on any atom is 0.296 e. The minimum absolute atomic E-state index is 0.00125. The van der Waals surface area contributed by atoms with Gasteiger partial charge in [0.1, 0.15) is 0 Å². The molecule has 1 aliphatic rings. The Balaban J connectivity index is 1.91. The number of carbonyl (C=O) groups is 2. The first-order valence-corrected chi connectivity index (χ1v) is 11.0. The molecule has 1 amide bonds. The van der Waals surface area contributed by atoms with Crippen LogP contribution in [0.25, 0.3) is 0 Å². The van der Waals surface area contributed by atoms with Gasteiger partial charge in [-0.05, 0) is 43.0 Å². The summed E-state index contributed by atoms with van der Waals surface area (Å²) in [5.74, 6) is -1.66. The Labute approximate surface area is 184 Å². The third kappa shape index (κ3) is 3.38. The van der Waals surface area contributed by atoms with E-state index in [1.54, 1.807) is 35.7 Å². The first-order valence-electron chi connectivity index (χ1n) is 8.53. The fourth-order valence-electron chi connectivity index (χ4n) is 3.13. The number of amides is 1. The van der Waals surface area contributed by atoms with Gasteiger partial charge < -0.3 is 5.11 Å². The van der Waals surface area contributed by atoms with Crippen molar-refractivity contribution in [3.8, 4) is 0 Å². The summed E-state index contributed by atoms with van der Waals surface area (Å²) >= 11 is 14.8. The third-order valence-electron chi connectivity index (χ3n) is 4.68. The highest BCUT2D eigenvalue weighted by molar-refractivity contribution is 7.16. The van der Waals surface area contributed by atoms with Crippen molar-refractivity contribution in [3.05, 3.63) is 78.1 Å². The van der Waals surface area contributed by atoms with Crippen LogP contribution in [0.15, 0.2) is 47.0 Å². The highest BCUT2D eigenvalue weighted by Crippen LogP contribution is 2.44. The Morgan fingerprint density at radius 3 is 2.55 bits per heavy atom. The van der Waals surface area contributed by atoms with E-state index in [2.05, 4.69) is 4.98 Å². The van der Waals surface area contributed by atoms with Crippen molar-refractivity contribution in [2.75, 3.05) is 4.90 Å². The summed E-state index contributed by atoms with van der Waals surface area (Å²) in [7, 11) is 0. The quantitative estimate of drug-likeness (QED) is 0.487. The zero-order valence-corrected chi connectivity index (χ0v) is 18.4. The van der Waals surface area contributed by atoms with E-state index < -0.39 is 23.5 Å². The van der Waals surface area contributed by atoms with E-state index in [4.69, 9.17) is 23.2 Å². The fraction of sp³-hybridized carbons (Fsp3) is 0.150. The molecular weight excluding hydrogens is 451 g/mol. The van der Waals surface area contributed by atoms with Crippen LogP contribution in [-0.4, -0.2) is 21.8 Å². The molecule has 1 aliphatic heterocycles. The summed E-state index contributed by atoms with van der Waals surface area (Å²) in [6, 6.07) is 7.42. The monoisotopic (exact) mass is 464 g/mol. The Kier molecular flexibility index (Phi) is 5.25. The number of rotatable bonds is 4. The van der Waals surface area contributed by atoms with Crippen molar-refractivity contribution in [3.63, 3.8) is 0 Å². The van der Waals surface area contributed by atoms with Crippen molar-refractivity contribution in [1.82, 2.24) is 4.98 Å².